The first-order valence-electron chi connectivity index (χ1n) is 6.78. The molecule has 0 fully saturated rings. The van der Waals surface area contributed by atoms with Gasteiger partial charge in [-0.05, 0) is 53.9 Å². The van der Waals surface area contributed by atoms with Crippen molar-refractivity contribution < 1.29 is 5.11 Å². The molecule has 20 heavy (non-hydrogen) atoms. The predicted molar refractivity (Wildman–Crippen MR) is 82.5 cm³/mol. The summed E-state index contributed by atoms with van der Waals surface area (Å²) in [5, 5.41) is 12.0. The van der Waals surface area contributed by atoms with E-state index < -0.39 is 6.10 Å². The monoisotopic (exact) mass is 263 g/mol. The van der Waals surface area contributed by atoms with Crippen molar-refractivity contribution in [2.75, 3.05) is 0 Å². The number of fused-ring (bicyclic) bond motifs is 1. The second kappa shape index (κ2) is 5.06. The van der Waals surface area contributed by atoms with E-state index in [1.54, 1.807) is 6.92 Å². The van der Waals surface area contributed by atoms with Gasteiger partial charge in [0.15, 0.2) is 0 Å². The standard InChI is InChI=1S/C18H17NO/c1-12-3-4-18(11-19-12)17-8-7-15-9-14(13(2)20)5-6-16(15)10-17/h3-11,13,20H,1-2H3. The van der Waals surface area contributed by atoms with E-state index in [9.17, 15) is 5.11 Å². The molecule has 0 saturated heterocycles. The van der Waals surface area contributed by atoms with Crippen molar-refractivity contribution in [2.24, 2.45) is 0 Å². The minimum Gasteiger partial charge on any atom is -0.389 e. The molecule has 3 aromatic rings. The second-order valence-corrected chi connectivity index (χ2v) is 5.19. The van der Waals surface area contributed by atoms with Crippen LogP contribution in [-0.2, 0) is 0 Å². The van der Waals surface area contributed by atoms with Crippen LogP contribution in [0, 0.1) is 6.92 Å². The average Bonchev–Trinajstić information content (AvgIpc) is 2.47. The maximum atomic E-state index is 9.63. The fraction of sp³-hybridized carbons (Fsp3) is 0.167. The Labute approximate surface area is 118 Å². The number of aliphatic hydroxyl groups is 1. The largest absolute Gasteiger partial charge is 0.389 e. The lowest BCUT2D eigenvalue weighted by atomic mass is 9.99. The smallest absolute Gasteiger partial charge is 0.0762 e. The SMILES string of the molecule is Cc1ccc(-c2ccc3cc(C(C)O)ccc3c2)cn1. The molecule has 3 rings (SSSR count). The normalized spacial score (nSPS) is 12.6. The van der Waals surface area contributed by atoms with E-state index in [1.807, 2.05) is 31.3 Å². The summed E-state index contributed by atoms with van der Waals surface area (Å²) in [6.07, 6.45) is 1.47. The lowest BCUT2D eigenvalue weighted by Gasteiger charge is -2.08. The number of aliphatic hydroxyl groups excluding tert-OH is 1. The predicted octanol–water partition coefficient (Wildman–Crippen LogP) is 4.26. The van der Waals surface area contributed by atoms with Crippen LogP contribution >= 0.6 is 0 Å². The van der Waals surface area contributed by atoms with Gasteiger partial charge in [-0.2, -0.15) is 0 Å². The lowest BCUT2D eigenvalue weighted by Crippen LogP contribution is -1.90. The van der Waals surface area contributed by atoms with Gasteiger partial charge >= 0.3 is 0 Å². The molecule has 0 spiro atoms. The van der Waals surface area contributed by atoms with Gasteiger partial charge in [-0.15, -0.1) is 0 Å². The molecule has 1 unspecified atom stereocenters. The third kappa shape index (κ3) is 2.43. The van der Waals surface area contributed by atoms with E-state index in [0.29, 0.717) is 0 Å². The zero-order chi connectivity index (χ0) is 14.1. The summed E-state index contributed by atoms with van der Waals surface area (Å²) in [4.78, 5) is 4.34. The third-order valence-corrected chi connectivity index (χ3v) is 3.59. The van der Waals surface area contributed by atoms with Crippen molar-refractivity contribution in [1.29, 1.82) is 0 Å². The Morgan fingerprint density at radius 3 is 2.30 bits per heavy atom. The molecule has 2 heteroatoms. The molecule has 1 N–H and O–H groups in total. The van der Waals surface area contributed by atoms with Gasteiger partial charge in [0, 0.05) is 17.5 Å². The summed E-state index contributed by atoms with van der Waals surface area (Å²) in [7, 11) is 0. The van der Waals surface area contributed by atoms with Gasteiger partial charge in [0.2, 0.25) is 0 Å². The molecule has 0 radical (unpaired) electrons. The Kier molecular flexibility index (Phi) is 3.25. The van der Waals surface area contributed by atoms with Crippen molar-refractivity contribution in [3.8, 4) is 11.1 Å². The minimum atomic E-state index is -0.430. The highest BCUT2D eigenvalue weighted by atomic mass is 16.3. The van der Waals surface area contributed by atoms with Crippen LogP contribution in [0.4, 0.5) is 0 Å². The fourth-order valence-electron chi connectivity index (χ4n) is 2.34. The first-order chi connectivity index (χ1) is 9.63. The van der Waals surface area contributed by atoms with Crippen molar-refractivity contribution >= 4 is 10.8 Å². The molecule has 1 atom stereocenters. The summed E-state index contributed by atoms with van der Waals surface area (Å²) < 4.78 is 0. The van der Waals surface area contributed by atoms with Crippen LogP contribution in [-0.4, -0.2) is 10.1 Å². The van der Waals surface area contributed by atoms with Crippen LogP contribution in [0.1, 0.15) is 24.3 Å². The maximum absolute atomic E-state index is 9.63. The Bertz CT molecular complexity index is 745. The van der Waals surface area contributed by atoms with Crippen LogP contribution in [0.5, 0.6) is 0 Å². The quantitative estimate of drug-likeness (QED) is 0.749. The molecule has 0 aliphatic rings. The van der Waals surface area contributed by atoms with Crippen molar-refractivity contribution in [1.82, 2.24) is 4.98 Å². The van der Waals surface area contributed by atoms with Gasteiger partial charge in [-0.25, -0.2) is 0 Å². The van der Waals surface area contributed by atoms with E-state index in [0.717, 1.165) is 27.8 Å². The van der Waals surface area contributed by atoms with E-state index >= 15 is 0 Å². The second-order valence-electron chi connectivity index (χ2n) is 5.19. The molecule has 0 bridgehead atoms. The average molecular weight is 263 g/mol. The zero-order valence-corrected chi connectivity index (χ0v) is 11.7. The number of hydrogen-bond acceptors (Lipinski definition) is 2. The molecule has 1 aromatic heterocycles. The Morgan fingerprint density at radius 2 is 1.60 bits per heavy atom. The van der Waals surface area contributed by atoms with Gasteiger partial charge in [0.1, 0.15) is 0 Å². The number of nitrogens with zero attached hydrogens (tertiary/aromatic N) is 1. The summed E-state index contributed by atoms with van der Waals surface area (Å²) >= 11 is 0. The highest BCUT2D eigenvalue weighted by Gasteiger charge is 2.04. The summed E-state index contributed by atoms with van der Waals surface area (Å²) in [5.74, 6) is 0. The molecular weight excluding hydrogens is 246 g/mol. The van der Waals surface area contributed by atoms with Gasteiger partial charge < -0.3 is 5.11 Å². The topological polar surface area (TPSA) is 33.1 Å². The molecule has 0 saturated carbocycles. The first kappa shape index (κ1) is 12.8. The fourth-order valence-corrected chi connectivity index (χ4v) is 2.34. The van der Waals surface area contributed by atoms with Crippen LogP contribution in [0.25, 0.3) is 21.9 Å². The Balaban J connectivity index is 2.07. The van der Waals surface area contributed by atoms with Crippen molar-refractivity contribution in [3.05, 3.63) is 66.0 Å². The summed E-state index contributed by atoms with van der Waals surface area (Å²) in [6.45, 7) is 3.77. The van der Waals surface area contributed by atoms with Gasteiger partial charge in [-0.3, -0.25) is 4.98 Å². The number of rotatable bonds is 2. The number of aromatic nitrogens is 1. The molecule has 2 nitrogen and oxygen atoms in total. The number of benzene rings is 2. The van der Waals surface area contributed by atoms with Crippen LogP contribution < -0.4 is 0 Å². The molecule has 0 amide bonds. The van der Waals surface area contributed by atoms with E-state index in [2.05, 4.69) is 35.3 Å². The Hall–Kier alpha value is -2.19. The summed E-state index contributed by atoms with van der Waals surface area (Å²) in [5.41, 5.74) is 4.25. The van der Waals surface area contributed by atoms with Crippen LogP contribution in [0.3, 0.4) is 0 Å². The van der Waals surface area contributed by atoms with Crippen molar-refractivity contribution in [2.45, 2.75) is 20.0 Å². The highest BCUT2D eigenvalue weighted by molar-refractivity contribution is 5.87. The molecule has 0 aliphatic carbocycles. The molecule has 1 heterocycles. The minimum absolute atomic E-state index is 0.430. The molecule has 2 aromatic carbocycles. The lowest BCUT2D eigenvalue weighted by molar-refractivity contribution is 0.199. The first-order valence-corrected chi connectivity index (χ1v) is 6.78. The van der Waals surface area contributed by atoms with E-state index in [4.69, 9.17) is 0 Å². The third-order valence-electron chi connectivity index (χ3n) is 3.59. The maximum Gasteiger partial charge on any atom is 0.0762 e. The zero-order valence-electron chi connectivity index (χ0n) is 11.7. The molecular formula is C18H17NO. The number of pyridine rings is 1. The van der Waals surface area contributed by atoms with E-state index in [1.165, 1.54) is 5.39 Å². The number of aryl methyl sites for hydroxylation is 1. The van der Waals surface area contributed by atoms with E-state index in [-0.39, 0.29) is 0 Å². The molecule has 100 valence electrons. The summed E-state index contributed by atoms with van der Waals surface area (Å²) in [6, 6.07) is 16.5. The Morgan fingerprint density at radius 1 is 0.900 bits per heavy atom. The van der Waals surface area contributed by atoms with Crippen LogP contribution in [0.15, 0.2) is 54.7 Å². The molecule has 0 aliphatic heterocycles. The van der Waals surface area contributed by atoms with Gasteiger partial charge in [0.25, 0.3) is 0 Å². The van der Waals surface area contributed by atoms with Gasteiger partial charge in [0.05, 0.1) is 6.10 Å². The van der Waals surface area contributed by atoms with Crippen LogP contribution in [0.2, 0.25) is 0 Å². The van der Waals surface area contributed by atoms with Gasteiger partial charge in [-0.1, -0.05) is 30.3 Å². The number of hydrogen-bond donors (Lipinski definition) is 1. The van der Waals surface area contributed by atoms with Crippen molar-refractivity contribution in [3.63, 3.8) is 0 Å². The highest BCUT2D eigenvalue weighted by Crippen LogP contribution is 2.26.